The molecule has 0 spiro atoms. The Kier molecular flexibility index (Phi) is 6.03. The molecule has 2 aromatic rings. The summed E-state index contributed by atoms with van der Waals surface area (Å²) in [5.74, 6) is -0.103. The molecule has 1 aliphatic heterocycles. The lowest BCUT2D eigenvalue weighted by Crippen LogP contribution is -2.42. The van der Waals surface area contributed by atoms with E-state index in [2.05, 4.69) is 17.3 Å². The molecule has 0 saturated carbocycles. The minimum absolute atomic E-state index is 0.00759. The van der Waals surface area contributed by atoms with Gasteiger partial charge in [-0.15, -0.1) is 0 Å². The van der Waals surface area contributed by atoms with Gasteiger partial charge in [0.05, 0.1) is 33.5 Å². The molecule has 0 saturated heterocycles. The first kappa shape index (κ1) is 21.7. The Morgan fingerprint density at radius 2 is 1.75 bits per heavy atom. The maximum absolute atomic E-state index is 12.4. The average molecular weight is 439 g/mol. The highest BCUT2D eigenvalue weighted by molar-refractivity contribution is 6.06. The molecule has 2 aliphatic rings. The molecule has 1 aliphatic carbocycles. The van der Waals surface area contributed by atoms with Crippen LogP contribution >= 0.6 is 0 Å². The third-order valence-corrected chi connectivity index (χ3v) is 5.80. The van der Waals surface area contributed by atoms with Crippen LogP contribution < -0.4 is 9.47 Å². The highest BCUT2D eigenvalue weighted by Crippen LogP contribution is 2.36. The molecule has 168 valence electrons. The van der Waals surface area contributed by atoms with Crippen molar-refractivity contribution in [3.63, 3.8) is 0 Å². The number of ether oxygens (including phenoxy) is 4. The van der Waals surface area contributed by atoms with Gasteiger partial charge in [-0.1, -0.05) is 29.4 Å². The number of nitrogens with zero attached hydrogens (tertiary/aromatic N) is 1. The zero-order valence-electron chi connectivity index (χ0n) is 18.3. The highest BCUT2D eigenvalue weighted by Gasteiger charge is 2.50. The molecular weight excluding hydrogens is 414 g/mol. The molecule has 8 heteroatoms. The van der Waals surface area contributed by atoms with Gasteiger partial charge in [-0.25, -0.2) is 4.79 Å². The van der Waals surface area contributed by atoms with Crippen molar-refractivity contribution in [2.75, 3.05) is 21.3 Å². The van der Waals surface area contributed by atoms with Gasteiger partial charge in [-0.3, -0.25) is 4.79 Å². The summed E-state index contributed by atoms with van der Waals surface area (Å²) in [4.78, 5) is 29.7. The molecule has 1 heterocycles. The molecular formula is C24H25NO7. The number of carbonyl (C=O) groups is 2. The van der Waals surface area contributed by atoms with Gasteiger partial charge in [0.2, 0.25) is 5.60 Å². The Morgan fingerprint density at radius 3 is 2.38 bits per heavy atom. The second-order valence-electron chi connectivity index (χ2n) is 7.83. The number of oxime groups is 1. The van der Waals surface area contributed by atoms with E-state index >= 15 is 0 Å². The molecule has 0 amide bonds. The first-order valence-corrected chi connectivity index (χ1v) is 10.3. The van der Waals surface area contributed by atoms with Crippen molar-refractivity contribution in [2.45, 2.75) is 37.4 Å². The Labute approximate surface area is 186 Å². The fourth-order valence-electron chi connectivity index (χ4n) is 4.13. The molecule has 1 atom stereocenters. The van der Waals surface area contributed by atoms with E-state index in [0.29, 0.717) is 22.8 Å². The summed E-state index contributed by atoms with van der Waals surface area (Å²) >= 11 is 0. The minimum Gasteiger partial charge on any atom is -0.493 e. The van der Waals surface area contributed by atoms with E-state index in [1.54, 1.807) is 13.2 Å². The summed E-state index contributed by atoms with van der Waals surface area (Å²) in [5.41, 5.74) is 2.22. The quantitative estimate of drug-likeness (QED) is 0.613. The van der Waals surface area contributed by atoms with Gasteiger partial charge in [0, 0.05) is 24.8 Å². The van der Waals surface area contributed by atoms with Crippen molar-refractivity contribution < 1.29 is 33.4 Å². The van der Waals surface area contributed by atoms with Gasteiger partial charge in [-0.05, 0) is 29.3 Å². The van der Waals surface area contributed by atoms with Crippen LogP contribution in [0.3, 0.4) is 0 Å². The standard InChI is InChI=1S/C24H25NO7/c1-28-20-9-8-17(12-21(20)31-18-10-15-6-4-5-7-16(15)11-18)19-13-24(32-25-19,23(27)30-3)14-22(26)29-2/h4-9,12,18H,10-11,13-14H2,1-3H3. The number of esters is 2. The van der Waals surface area contributed by atoms with Gasteiger partial charge in [0.15, 0.2) is 11.5 Å². The zero-order valence-corrected chi connectivity index (χ0v) is 18.3. The Hall–Kier alpha value is -3.55. The number of hydrogen-bond donors (Lipinski definition) is 0. The van der Waals surface area contributed by atoms with Gasteiger partial charge in [0.25, 0.3) is 0 Å². The molecule has 4 rings (SSSR count). The molecule has 8 nitrogen and oxygen atoms in total. The lowest BCUT2D eigenvalue weighted by atomic mass is 9.91. The topological polar surface area (TPSA) is 92.7 Å². The second-order valence-corrected chi connectivity index (χ2v) is 7.83. The van der Waals surface area contributed by atoms with Crippen LogP contribution in [-0.4, -0.2) is 50.7 Å². The largest absolute Gasteiger partial charge is 0.493 e. The number of hydrogen-bond acceptors (Lipinski definition) is 8. The Balaban J connectivity index is 1.55. The number of rotatable bonds is 7. The van der Waals surface area contributed by atoms with Gasteiger partial charge < -0.3 is 23.8 Å². The Morgan fingerprint density at radius 1 is 1.03 bits per heavy atom. The lowest BCUT2D eigenvalue weighted by molar-refractivity contribution is -0.173. The molecule has 0 bridgehead atoms. The molecule has 2 aromatic carbocycles. The predicted molar refractivity (Wildman–Crippen MR) is 115 cm³/mol. The molecule has 0 radical (unpaired) electrons. The van der Waals surface area contributed by atoms with E-state index in [-0.39, 0.29) is 18.9 Å². The third-order valence-electron chi connectivity index (χ3n) is 5.80. The number of fused-ring (bicyclic) bond motifs is 1. The van der Waals surface area contributed by atoms with E-state index in [1.807, 2.05) is 24.3 Å². The summed E-state index contributed by atoms with van der Waals surface area (Å²) in [6.07, 6.45) is 1.39. The predicted octanol–water partition coefficient (Wildman–Crippen LogP) is 2.84. The van der Waals surface area contributed by atoms with Crippen molar-refractivity contribution in [3.8, 4) is 11.5 Å². The maximum atomic E-state index is 12.4. The first-order valence-electron chi connectivity index (χ1n) is 10.3. The van der Waals surface area contributed by atoms with Crippen LogP contribution in [0.25, 0.3) is 0 Å². The monoisotopic (exact) mass is 439 g/mol. The average Bonchev–Trinajstić information content (AvgIpc) is 3.43. The van der Waals surface area contributed by atoms with Crippen LogP contribution in [-0.2, 0) is 36.7 Å². The van der Waals surface area contributed by atoms with Crippen molar-refractivity contribution in [1.29, 1.82) is 0 Å². The molecule has 1 unspecified atom stereocenters. The fourth-order valence-corrected chi connectivity index (χ4v) is 4.13. The lowest BCUT2D eigenvalue weighted by Gasteiger charge is -2.22. The van der Waals surface area contributed by atoms with Gasteiger partial charge in [-0.2, -0.15) is 0 Å². The molecule has 0 N–H and O–H groups in total. The van der Waals surface area contributed by atoms with Crippen molar-refractivity contribution in [3.05, 3.63) is 59.2 Å². The number of benzene rings is 2. The van der Waals surface area contributed by atoms with Crippen molar-refractivity contribution in [1.82, 2.24) is 0 Å². The summed E-state index contributed by atoms with van der Waals surface area (Å²) in [6, 6.07) is 13.7. The first-order chi connectivity index (χ1) is 15.5. The van der Waals surface area contributed by atoms with Crippen LogP contribution in [0.1, 0.15) is 29.5 Å². The zero-order chi connectivity index (χ0) is 22.7. The molecule has 0 aromatic heterocycles. The summed E-state index contributed by atoms with van der Waals surface area (Å²) in [7, 11) is 4.07. The van der Waals surface area contributed by atoms with Crippen molar-refractivity contribution >= 4 is 17.7 Å². The molecule has 32 heavy (non-hydrogen) atoms. The van der Waals surface area contributed by atoms with E-state index in [9.17, 15) is 9.59 Å². The normalized spacial score (nSPS) is 19.5. The maximum Gasteiger partial charge on any atom is 0.354 e. The van der Waals surface area contributed by atoms with Crippen LogP contribution in [0.15, 0.2) is 47.6 Å². The fraction of sp³-hybridized carbons (Fsp3) is 0.375. The van der Waals surface area contributed by atoms with Gasteiger partial charge in [0.1, 0.15) is 6.10 Å². The Bertz CT molecular complexity index is 1040. The third kappa shape index (κ3) is 4.12. The SMILES string of the molecule is COC(=O)CC1(C(=O)OC)CC(c2ccc(OC)c(OC3Cc4ccccc4C3)c2)=NO1. The smallest absolute Gasteiger partial charge is 0.354 e. The van der Waals surface area contributed by atoms with E-state index in [4.69, 9.17) is 23.8 Å². The van der Waals surface area contributed by atoms with Crippen LogP contribution in [0, 0.1) is 0 Å². The van der Waals surface area contributed by atoms with E-state index in [0.717, 1.165) is 12.8 Å². The van der Waals surface area contributed by atoms with E-state index in [1.165, 1.54) is 25.3 Å². The summed E-state index contributed by atoms with van der Waals surface area (Å²) in [5, 5.41) is 4.09. The van der Waals surface area contributed by atoms with Crippen LogP contribution in [0.4, 0.5) is 0 Å². The van der Waals surface area contributed by atoms with Crippen molar-refractivity contribution in [2.24, 2.45) is 5.16 Å². The number of carbonyl (C=O) groups excluding carboxylic acids is 2. The van der Waals surface area contributed by atoms with Gasteiger partial charge >= 0.3 is 11.9 Å². The van der Waals surface area contributed by atoms with Crippen LogP contribution in [0.5, 0.6) is 11.5 Å². The molecule has 0 fully saturated rings. The minimum atomic E-state index is -1.55. The highest BCUT2D eigenvalue weighted by atomic mass is 16.7. The summed E-state index contributed by atoms with van der Waals surface area (Å²) < 4.78 is 21.3. The number of methoxy groups -OCH3 is 3. The van der Waals surface area contributed by atoms with E-state index < -0.39 is 17.5 Å². The summed E-state index contributed by atoms with van der Waals surface area (Å²) in [6.45, 7) is 0. The van der Waals surface area contributed by atoms with Crippen LogP contribution in [0.2, 0.25) is 0 Å². The second kappa shape index (κ2) is 8.90.